The van der Waals surface area contributed by atoms with E-state index in [0.29, 0.717) is 11.3 Å². The van der Waals surface area contributed by atoms with Crippen LogP contribution < -0.4 is 10.6 Å². The van der Waals surface area contributed by atoms with Crippen molar-refractivity contribution in [1.82, 2.24) is 10.2 Å². The number of benzene rings is 2. The van der Waals surface area contributed by atoms with Gasteiger partial charge in [0.05, 0.1) is 6.54 Å². The lowest BCUT2D eigenvalue weighted by Crippen LogP contribution is -2.43. The molecule has 6 nitrogen and oxygen atoms in total. The Morgan fingerprint density at radius 2 is 1.64 bits per heavy atom. The third-order valence-corrected chi connectivity index (χ3v) is 4.58. The predicted molar refractivity (Wildman–Crippen MR) is 108 cm³/mol. The predicted octanol–water partition coefficient (Wildman–Crippen LogP) is 2.66. The Labute approximate surface area is 164 Å². The van der Waals surface area contributed by atoms with Gasteiger partial charge in [-0.1, -0.05) is 29.8 Å². The number of aryl methyl sites for hydroxylation is 2. The topological polar surface area (TPSA) is 78.5 Å². The molecule has 0 atom stereocenters. The smallest absolute Gasteiger partial charge is 0.254 e. The first kappa shape index (κ1) is 19.6. The molecule has 2 N–H and O–H groups in total. The minimum atomic E-state index is -0.340. The molecule has 2 aromatic carbocycles. The number of rotatable bonds is 7. The molecular formula is C22H25N3O3. The second-order valence-corrected chi connectivity index (χ2v) is 7.23. The van der Waals surface area contributed by atoms with Crippen LogP contribution in [-0.4, -0.2) is 41.8 Å². The van der Waals surface area contributed by atoms with Crippen LogP contribution in [0.2, 0.25) is 0 Å². The van der Waals surface area contributed by atoms with E-state index in [0.717, 1.165) is 24.0 Å². The van der Waals surface area contributed by atoms with E-state index in [2.05, 4.69) is 10.6 Å². The van der Waals surface area contributed by atoms with E-state index < -0.39 is 0 Å². The van der Waals surface area contributed by atoms with Crippen molar-refractivity contribution in [3.63, 3.8) is 0 Å². The molecule has 1 saturated carbocycles. The molecule has 0 saturated heterocycles. The molecule has 1 aliphatic carbocycles. The number of carbonyl (C=O) groups excluding carboxylic acids is 3. The summed E-state index contributed by atoms with van der Waals surface area (Å²) in [4.78, 5) is 38.8. The molecule has 0 unspecified atom stereocenters. The highest BCUT2D eigenvalue weighted by Gasteiger charge is 2.34. The number of carbonyl (C=O) groups is 3. The minimum Gasteiger partial charge on any atom is -0.345 e. The van der Waals surface area contributed by atoms with E-state index in [1.165, 1.54) is 0 Å². The molecule has 0 aliphatic heterocycles. The third kappa shape index (κ3) is 5.42. The van der Waals surface area contributed by atoms with Crippen LogP contribution in [0.4, 0.5) is 5.69 Å². The number of amides is 3. The van der Waals surface area contributed by atoms with E-state index in [1.54, 1.807) is 17.0 Å². The molecule has 6 heteroatoms. The molecular weight excluding hydrogens is 354 g/mol. The van der Waals surface area contributed by atoms with Gasteiger partial charge in [-0.2, -0.15) is 0 Å². The zero-order valence-corrected chi connectivity index (χ0v) is 16.2. The first-order chi connectivity index (χ1) is 13.4. The molecule has 1 aliphatic rings. The molecule has 0 radical (unpaired) electrons. The second kappa shape index (κ2) is 8.69. The monoisotopic (exact) mass is 379 g/mol. The lowest BCUT2D eigenvalue weighted by molar-refractivity contribution is -0.124. The van der Waals surface area contributed by atoms with Crippen molar-refractivity contribution < 1.29 is 14.4 Å². The summed E-state index contributed by atoms with van der Waals surface area (Å²) in [5.74, 6) is -0.792. The zero-order chi connectivity index (χ0) is 20.1. The van der Waals surface area contributed by atoms with Gasteiger partial charge in [0.25, 0.3) is 5.91 Å². The summed E-state index contributed by atoms with van der Waals surface area (Å²) in [6, 6.07) is 14.9. The number of nitrogens with zero attached hydrogens (tertiary/aromatic N) is 1. The van der Waals surface area contributed by atoms with Crippen LogP contribution in [0.5, 0.6) is 0 Å². The Morgan fingerprint density at radius 3 is 2.29 bits per heavy atom. The highest BCUT2D eigenvalue weighted by Crippen LogP contribution is 2.28. The van der Waals surface area contributed by atoms with Crippen molar-refractivity contribution in [2.24, 2.45) is 0 Å². The summed E-state index contributed by atoms with van der Waals surface area (Å²) in [5, 5.41) is 5.35. The Hall–Kier alpha value is -3.15. The zero-order valence-electron chi connectivity index (χ0n) is 16.2. The summed E-state index contributed by atoms with van der Waals surface area (Å²) in [5.41, 5.74) is 3.31. The number of hydrogen-bond acceptors (Lipinski definition) is 3. The maximum atomic E-state index is 12.8. The van der Waals surface area contributed by atoms with Crippen LogP contribution in [0, 0.1) is 13.8 Å². The summed E-state index contributed by atoms with van der Waals surface area (Å²) in [6.07, 6.45) is 1.80. The van der Waals surface area contributed by atoms with E-state index >= 15 is 0 Å². The molecule has 3 rings (SSSR count). The summed E-state index contributed by atoms with van der Waals surface area (Å²) in [7, 11) is 0. The molecule has 0 aromatic heterocycles. The quantitative estimate of drug-likeness (QED) is 0.776. The van der Waals surface area contributed by atoms with Crippen LogP contribution in [0.3, 0.4) is 0 Å². The number of anilines is 1. The molecule has 0 bridgehead atoms. The van der Waals surface area contributed by atoms with Crippen molar-refractivity contribution in [2.75, 3.05) is 18.4 Å². The van der Waals surface area contributed by atoms with Crippen molar-refractivity contribution in [1.29, 1.82) is 0 Å². The molecule has 3 amide bonds. The molecule has 0 spiro atoms. The molecule has 0 heterocycles. The van der Waals surface area contributed by atoms with E-state index in [9.17, 15) is 14.4 Å². The van der Waals surface area contributed by atoms with Crippen molar-refractivity contribution >= 4 is 23.4 Å². The average Bonchev–Trinajstić information content (AvgIpc) is 3.49. The van der Waals surface area contributed by atoms with Crippen LogP contribution in [0.15, 0.2) is 48.5 Å². The normalized spacial score (nSPS) is 12.9. The van der Waals surface area contributed by atoms with Crippen molar-refractivity contribution in [2.45, 2.75) is 32.7 Å². The molecule has 1 fully saturated rings. The van der Waals surface area contributed by atoms with Gasteiger partial charge in [-0.3, -0.25) is 14.4 Å². The van der Waals surface area contributed by atoms with Gasteiger partial charge in [-0.15, -0.1) is 0 Å². The Bertz CT molecular complexity index is 890. The van der Waals surface area contributed by atoms with E-state index in [-0.39, 0.29) is 36.9 Å². The lowest BCUT2D eigenvalue weighted by Gasteiger charge is -2.22. The maximum Gasteiger partial charge on any atom is 0.254 e. The van der Waals surface area contributed by atoms with Gasteiger partial charge in [0, 0.05) is 17.3 Å². The number of hydrogen-bond donors (Lipinski definition) is 2. The van der Waals surface area contributed by atoms with Crippen molar-refractivity contribution in [3.05, 3.63) is 65.2 Å². The fourth-order valence-electron chi connectivity index (χ4n) is 3.01. The summed E-state index contributed by atoms with van der Waals surface area (Å²) < 4.78 is 0. The SMILES string of the molecule is Cc1cccc(NC(=O)CNC(=O)CN(C(=O)c2cccc(C)c2)C2CC2)c1. The van der Waals surface area contributed by atoms with Crippen LogP contribution in [0.25, 0.3) is 0 Å². The summed E-state index contributed by atoms with van der Waals surface area (Å²) >= 11 is 0. The molecule has 146 valence electrons. The molecule has 2 aromatic rings. The Kier molecular flexibility index (Phi) is 6.09. The minimum absolute atomic E-state index is 0.0465. The lowest BCUT2D eigenvalue weighted by atomic mass is 10.1. The van der Waals surface area contributed by atoms with Gasteiger partial charge in [-0.25, -0.2) is 0 Å². The second-order valence-electron chi connectivity index (χ2n) is 7.23. The first-order valence-electron chi connectivity index (χ1n) is 9.43. The fourth-order valence-corrected chi connectivity index (χ4v) is 3.01. The van der Waals surface area contributed by atoms with Gasteiger partial charge in [-0.05, 0) is 56.5 Å². The molecule has 28 heavy (non-hydrogen) atoms. The van der Waals surface area contributed by atoms with E-state index in [1.807, 2.05) is 50.2 Å². The summed E-state index contributed by atoms with van der Waals surface area (Å²) in [6.45, 7) is 3.69. The van der Waals surface area contributed by atoms with Gasteiger partial charge in [0.1, 0.15) is 6.54 Å². The van der Waals surface area contributed by atoms with Crippen LogP contribution in [0.1, 0.15) is 34.3 Å². The van der Waals surface area contributed by atoms with Gasteiger partial charge in [0.15, 0.2) is 0 Å². The standard InChI is InChI=1S/C22H25N3O3/c1-15-5-3-7-17(11-15)22(28)25(19-9-10-19)14-21(27)23-13-20(26)24-18-8-4-6-16(2)12-18/h3-8,11-12,19H,9-10,13-14H2,1-2H3,(H,23,27)(H,24,26). The Balaban J connectivity index is 1.53. The third-order valence-electron chi connectivity index (χ3n) is 4.58. The highest BCUT2D eigenvalue weighted by molar-refractivity contribution is 5.98. The fraction of sp³-hybridized carbons (Fsp3) is 0.318. The van der Waals surface area contributed by atoms with Crippen LogP contribution >= 0.6 is 0 Å². The van der Waals surface area contributed by atoms with Gasteiger partial charge < -0.3 is 15.5 Å². The largest absolute Gasteiger partial charge is 0.345 e. The van der Waals surface area contributed by atoms with Crippen molar-refractivity contribution in [3.8, 4) is 0 Å². The first-order valence-corrected chi connectivity index (χ1v) is 9.43. The van der Waals surface area contributed by atoms with Crippen LogP contribution in [-0.2, 0) is 9.59 Å². The average molecular weight is 379 g/mol. The highest BCUT2D eigenvalue weighted by atomic mass is 16.2. The van der Waals surface area contributed by atoms with Gasteiger partial charge >= 0.3 is 0 Å². The maximum absolute atomic E-state index is 12.8. The Morgan fingerprint density at radius 1 is 0.964 bits per heavy atom. The van der Waals surface area contributed by atoms with E-state index in [4.69, 9.17) is 0 Å². The number of nitrogens with one attached hydrogen (secondary N) is 2. The van der Waals surface area contributed by atoms with Gasteiger partial charge in [0.2, 0.25) is 11.8 Å².